The first-order valence-electron chi connectivity index (χ1n) is 6.21. The highest BCUT2D eigenvalue weighted by Crippen LogP contribution is 2.26. The van der Waals surface area contributed by atoms with Gasteiger partial charge in [0.2, 0.25) is 10.0 Å². The molecule has 21 heavy (non-hydrogen) atoms. The van der Waals surface area contributed by atoms with Crippen LogP contribution in [0.3, 0.4) is 0 Å². The number of rotatable bonds is 7. The van der Waals surface area contributed by atoms with Crippen LogP contribution in [0.2, 0.25) is 0 Å². The van der Waals surface area contributed by atoms with E-state index in [0.717, 1.165) is 12.1 Å². The van der Waals surface area contributed by atoms with Crippen LogP contribution in [0.25, 0.3) is 0 Å². The molecule has 1 aromatic carbocycles. The molecule has 0 aliphatic rings. The van der Waals surface area contributed by atoms with Crippen LogP contribution in [0.1, 0.15) is 26.7 Å². The fourth-order valence-corrected chi connectivity index (χ4v) is 3.56. The van der Waals surface area contributed by atoms with E-state index in [4.69, 9.17) is 0 Å². The van der Waals surface area contributed by atoms with E-state index in [9.17, 15) is 28.4 Å². The van der Waals surface area contributed by atoms with E-state index in [2.05, 4.69) is 4.72 Å². The Morgan fingerprint density at radius 1 is 1.33 bits per heavy atom. The number of carboxylic acid groups (broad SMARTS) is 1. The van der Waals surface area contributed by atoms with E-state index in [1.807, 2.05) is 0 Å². The molecule has 1 aromatic rings. The number of benzene rings is 1. The van der Waals surface area contributed by atoms with Crippen LogP contribution in [0.5, 0.6) is 0 Å². The normalized spacial score (nSPS) is 12.1. The molecule has 0 spiro atoms. The van der Waals surface area contributed by atoms with Crippen LogP contribution in [-0.4, -0.2) is 30.0 Å². The molecule has 1 rings (SSSR count). The number of nitro benzene ring substituents is 1. The molecule has 2 N–H and O–H groups in total. The molecular weight excluding hydrogens is 300 g/mol. The maximum absolute atomic E-state index is 12.3. The average molecular weight is 316 g/mol. The maximum atomic E-state index is 12.3. The van der Waals surface area contributed by atoms with Gasteiger partial charge in [0, 0.05) is 6.07 Å². The van der Waals surface area contributed by atoms with Gasteiger partial charge in [-0.3, -0.25) is 14.9 Å². The fourth-order valence-electron chi connectivity index (χ4n) is 1.89. The lowest BCUT2D eigenvalue weighted by Gasteiger charge is -2.27. The first kappa shape index (κ1) is 17.1. The standard InChI is InChI=1S/C12H16N2O6S/c1-3-12(4-2,11(15)16)13-21(19,20)10-8-6-5-7-9(10)14(17)18/h5-8,13H,3-4H2,1-2H3,(H,15,16). The molecule has 0 bridgehead atoms. The molecular formula is C12H16N2O6S. The van der Waals surface area contributed by atoms with Crippen LogP contribution in [-0.2, 0) is 14.8 Å². The number of nitrogens with one attached hydrogen (secondary N) is 1. The number of carboxylic acids is 1. The van der Waals surface area contributed by atoms with Crippen LogP contribution >= 0.6 is 0 Å². The Kier molecular flexibility index (Phi) is 5.02. The molecule has 0 aromatic heterocycles. The average Bonchev–Trinajstić information content (AvgIpc) is 2.44. The molecule has 0 fully saturated rings. The summed E-state index contributed by atoms with van der Waals surface area (Å²) in [5.74, 6) is -1.32. The molecule has 8 nitrogen and oxygen atoms in total. The Bertz CT molecular complexity index is 651. The summed E-state index contributed by atoms with van der Waals surface area (Å²) in [6, 6.07) is 4.79. The van der Waals surface area contributed by atoms with Crippen molar-refractivity contribution in [2.75, 3.05) is 0 Å². The topological polar surface area (TPSA) is 127 Å². The smallest absolute Gasteiger partial charge is 0.324 e. The van der Waals surface area contributed by atoms with Gasteiger partial charge < -0.3 is 5.11 Å². The second-order valence-electron chi connectivity index (χ2n) is 4.42. The van der Waals surface area contributed by atoms with Gasteiger partial charge in [-0.05, 0) is 18.9 Å². The highest BCUT2D eigenvalue weighted by Gasteiger charge is 2.40. The summed E-state index contributed by atoms with van der Waals surface area (Å²) in [5, 5.41) is 20.2. The van der Waals surface area contributed by atoms with E-state index in [1.54, 1.807) is 0 Å². The van der Waals surface area contributed by atoms with Crippen molar-refractivity contribution in [1.29, 1.82) is 0 Å². The van der Waals surface area contributed by atoms with Gasteiger partial charge in [0.25, 0.3) is 5.69 Å². The van der Waals surface area contributed by atoms with Crippen molar-refractivity contribution in [3.8, 4) is 0 Å². The summed E-state index contributed by atoms with van der Waals surface area (Å²) in [6.45, 7) is 3.05. The number of sulfonamides is 1. The van der Waals surface area contributed by atoms with Gasteiger partial charge in [-0.25, -0.2) is 8.42 Å². The molecule has 0 heterocycles. The van der Waals surface area contributed by atoms with E-state index in [1.165, 1.54) is 26.0 Å². The van der Waals surface area contributed by atoms with Gasteiger partial charge in [0.1, 0.15) is 5.54 Å². The zero-order valence-corrected chi connectivity index (χ0v) is 12.4. The predicted octanol–water partition coefficient (Wildman–Crippen LogP) is 1.52. The third-order valence-electron chi connectivity index (χ3n) is 3.30. The second kappa shape index (κ2) is 6.19. The monoisotopic (exact) mass is 316 g/mol. The molecule has 0 radical (unpaired) electrons. The lowest BCUT2D eigenvalue weighted by Crippen LogP contribution is -2.53. The minimum atomic E-state index is -4.34. The number of para-hydroxylation sites is 1. The zero-order valence-electron chi connectivity index (χ0n) is 11.6. The fraction of sp³-hybridized carbons (Fsp3) is 0.417. The molecule has 0 unspecified atom stereocenters. The Morgan fingerprint density at radius 3 is 2.29 bits per heavy atom. The Balaban J connectivity index is 3.36. The third kappa shape index (κ3) is 3.37. The molecule has 9 heteroatoms. The summed E-state index contributed by atoms with van der Waals surface area (Å²) in [6.07, 6.45) is 0.0252. The van der Waals surface area contributed by atoms with E-state index < -0.39 is 37.0 Å². The highest BCUT2D eigenvalue weighted by molar-refractivity contribution is 7.89. The predicted molar refractivity (Wildman–Crippen MR) is 74.4 cm³/mol. The quantitative estimate of drug-likeness (QED) is 0.580. The van der Waals surface area contributed by atoms with Crippen molar-refractivity contribution < 1.29 is 23.2 Å². The van der Waals surface area contributed by atoms with Gasteiger partial charge >= 0.3 is 5.97 Å². The Labute approximate surface area is 122 Å². The molecule has 0 aliphatic heterocycles. The van der Waals surface area contributed by atoms with Crippen molar-refractivity contribution in [1.82, 2.24) is 4.72 Å². The SMILES string of the molecule is CCC(CC)(NS(=O)(=O)c1ccccc1[N+](=O)[O-])C(=O)O. The van der Waals surface area contributed by atoms with Crippen molar-refractivity contribution in [2.45, 2.75) is 37.1 Å². The molecule has 116 valence electrons. The lowest BCUT2D eigenvalue weighted by atomic mass is 9.95. The van der Waals surface area contributed by atoms with Gasteiger partial charge in [-0.1, -0.05) is 26.0 Å². The first-order valence-corrected chi connectivity index (χ1v) is 7.69. The highest BCUT2D eigenvalue weighted by atomic mass is 32.2. The van der Waals surface area contributed by atoms with Crippen molar-refractivity contribution >= 4 is 21.7 Å². The van der Waals surface area contributed by atoms with Crippen LogP contribution in [0, 0.1) is 10.1 Å². The summed E-state index contributed by atoms with van der Waals surface area (Å²) < 4.78 is 26.7. The lowest BCUT2D eigenvalue weighted by molar-refractivity contribution is -0.387. The molecule has 0 aliphatic carbocycles. The largest absolute Gasteiger partial charge is 0.480 e. The van der Waals surface area contributed by atoms with Crippen LogP contribution < -0.4 is 4.72 Å². The van der Waals surface area contributed by atoms with Crippen molar-refractivity contribution in [3.05, 3.63) is 34.4 Å². The number of hydrogen-bond acceptors (Lipinski definition) is 5. The number of nitrogens with zero attached hydrogens (tertiary/aromatic N) is 1. The number of hydrogen-bond donors (Lipinski definition) is 2. The molecule has 0 atom stereocenters. The van der Waals surface area contributed by atoms with E-state index in [0.29, 0.717) is 0 Å². The zero-order chi connectivity index (χ0) is 16.3. The van der Waals surface area contributed by atoms with E-state index >= 15 is 0 Å². The number of carbonyl (C=O) groups is 1. The molecule has 0 saturated carbocycles. The van der Waals surface area contributed by atoms with Crippen molar-refractivity contribution in [3.63, 3.8) is 0 Å². The summed E-state index contributed by atoms with van der Waals surface area (Å²) in [4.78, 5) is 20.9. The minimum Gasteiger partial charge on any atom is -0.480 e. The third-order valence-corrected chi connectivity index (χ3v) is 4.88. The molecule has 0 amide bonds. The Hall–Kier alpha value is -2.00. The summed E-state index contributed by atoms with van der Waals surface area (Å²) in [7, 11) is -4.34. The van der Waals surface area contributed by atoms with Crippen molar-refractivity contribution in [2.24, 2.45) is 0 Å². The van der Waals surface area contributed by atoms with E-state index in [-0.39, 0.29) is 12.8 Å². The molecule has 0 saturated heterocycles. The van der Waals surface area contributed by atoms with Crippen LogP contribution in [0.4, 0.5) is 5.69 Å². The first-order chi connectivity index (χ1) is 9.70. The second-order valence-corrected chi connectivity index (χ2v) is 6.08. The summed E-state index contributed by atoms with van der Waals surface area (Å²) in [5.41, 5.74) is -2.29. The minimum absolute atomic E-state index is 0.0126. The maximum Gasteiger partial charge on any atom is 0.324 e. The Morgan fingerprint density at radius 2 is 1.86 bits per heavy atom. The number of nitro groups is 1. The summed E-state index contributed by atoms with van der Waals surface area (Å²) >= 11 is 0. The van der Waals surface area contributed by atoms with Gasteiger partial charge in [-0.2, -0.15) is 4.72 Å². The van der Waals surface area contributed by atoms with Crippen LogP contribution in [0.15, 0.2) is 29.2 Å². The van der Waals surface area contributed by atoms with Gasteiger partial charge in [-0.15, -0.1) is 0 Å². The number of aliphatic carboxylic acids is 1. The van der Waals surface area contributed by atoms with Gasteiger partial charge in [0.05, 0.1) is 4.92 Å². The van der Waals surface area contributed by atoms with Gasteiger partial charge in [0.15, 0.2) is 4.90 Å².